The average Bonchev–Trinajstić information content (AvgIpc) is 3.10. The van der Waals surface area contributed by atoms with Gasteiger partial charge in [-0.2, -0.15) is 0 Å². The average molecular weight is 289 g/mol. The molecule has 2 rings (SSSR count). The molecule has 0 aliphatic heterocycles. The van der Waals surface area contributed by atoms with Crippen LogP contribution in [0.15, 0.2) is 0 Å². The highest BCUT2D eigenvalue weighted by Gasteiger charge is 2.71. The molecule has 0 radical (unpaired) electrons. The number of rotatable bonds is 1. The molecule has 0 amide bonds. The maximum atomic E-state index is 13.7. The molecule has 0 saturated heterocycles. The van der Waals surface area contributed by atoms with E-state index in [1.165, 1.54) is 0 Å². The molecule has 1 aromatic rings. The predicted molar refractivity (Wildman–Crippen MR) is 62.4 cm³/mol. The maximum absolute atomic E-state index is 13.7. The highest BCUT2D eigenvalue weighted by molar-refractivity contribution is 5.42. The van der Waals surface area contributed by atoms with E-state index >= 15 is 0 Å². The van der Waals surface area contributed by atoms with E-state index in [-0.39, 0.29) is 6.42 Å². The molecule has 1 aliphatic rings. The van der Waals surface area contributed by atoms with Gasteiger partial charge in [-0.25, -0.2) is 28.5 Å². The fraction of sp³-hybridized carbons (Fsp3) is 0.500. The Kier molecular flexibility index (Phi) is 3.08. The molecule has 0 aromatic heterocycles. The molecule has 108 valence electrons. The van der Waals surface area contributed by atoms with Gasteiger partial charge in [0.1, 0.15) is 0 Å². The van der Waals surface area contributed by atoms with Crippen molar-refractivity contribution in [3.05, 3.63) is 46.1 Å². The van der Waals surface area contributed by atoms with Gasteiger partial charge in [0.15, 0.2) is 23.3 Å². The van der Waals surface area contributed by atoms with Crippen molar-refractivity contribution in [3.63, 3.8) is 0 Å². The Morgan fingerprint density at radius 3 is 1.65 bits per heavy atom. The molecular weight excluding hydrogens is 277 g/mol. The van der Waals surface area contributed by atoms with Gasteiger partial charge in [0.25, 0.3) is 0 Å². The standard InChI is InChI=1S/C14H12F5N/c1-13(2,3)14(20-4)5-6(14)7-8(15)10(17)12(19)11(18)9(7)16/h6H,5H2,1-3H3/t6-,14-/m0/s1. The first kappa shape index (κ1) is 14.8. The quantitative estimate of drug-likeness (QED) is 0.309. The molecule has 0 bridgehead atoms. The van der Waals surface area contributed by atoms with Crippen molar-refractivity contribution < 1.29 is 22.0 Å². The van der Waals surface area contributed by atoms with Gasteiger partial charge in [-0.1, -0.05) is 20.8 Å². The Morgan fingerprint density at radius 2 is 1.35 bits per heavy atom. The van der Waals surface area contributed by atoms with Crippen LogP contribution in [-0.4, -0.2) is 5.54 Å². The molecule has 20 heavy (non-hydrogen) atoms. The zero-order valence-electron chi connectivity index (χ0n) is 11.1. The van der Waals surface area contributed by atoms with Gasteiger partial charge in [0.05, 0.1) is 5.92 Å². The first-order valence-corrected chi connectivity index (χ1v) is 5.98. The number of nitrogens with zero attached hydrogens (tertiary/aromatic N) is 1. The van der Waals surface area contributed by atoms with E-state index in [1.54, 1.807) is 20.8 Å². The molecule has 1 aliphatic carbocycles. The smallest absolute Gasteiger partial charge is 0.245 e. The SMILES string of the molecule is [C-]#[N+][C@@]1(C(C)(C)C)C[C@H]1c1c(F)c(F)c(F)c(F)c1F. The summed E-state index contributed by atoms with van der Waals surface area (Å²) in [5.41, 5.74) is -2.63. The molecule has 1 fully saturated rings. The van der Waals surface area contributed by atoms with E-state index in [9.17, 15) is 22.0 Å². The summed E-state index contributed by atoms with van der Waals surface area (Å²) >= 11 is 0. The Morgan fingerprint density at radius 1 is 0.950 bits per heavy atom. The van der Waals surface area contributed by atoms with E-state index in [4.69, 9.17) is 6.57 Å². The third-order valence-corrected chi connectivity index (χ3v) is 4.02. The first-order chi connectivity index (χ1) is 9.08. The summed E-state index contributed by atoms with van der Waals surface area (Å²) in [5, 5.41) is 0. The summed E-state index contributed by atoms with van der Waals surface area (Å²) in [6.45, 7) is 12.3. The summed E-state index contributed by atoms with van der Waals surface area (Å²) in [4.78, 5) is 3.40. The maximum Gasteiger partial charge on any atom is 0.245 e. The molecule has 0 unspecified atom stereocenters. The first-order valence-electron chi connectivity index (χ1n) is 5.98. The summed E-state index contributed by atoms with van der Waals surface area (Å²) in [6.07, 6.45) is 0.0817. The van der Waals surface area contributed by atoms with Crippen molar-refractivity contribution in [2.75, 3.05) is 0 Å². The van der Waals surface area contributed by atoms with Crippen LogP contribution in [-0.2, 0) is 0 Å². The Hall–Kier alpha value is -1.64. The van der Waals surface area contributed by atoms with E-state index in [2.05, 4.69) is 4.85 Å². The van der Waals surface area contributed by atoms with E-state index in [0.717, 1.165) is 0 Å². The third-order valence-electron chi connectivity index (χ3n) is 4.02. The second kappa shape index (κ2) is 4.18. The van der Waals surface area contributed by atoms with Gasteiger partial charge in [-0.05, 0) is 0 Å². The Bertz CT molecular complexity index is 597. The lowest BCUT2D eigenvalue weighted by Gasteiger charge is -2.21. The summed E-state index contributed by atoms with van der Waals surface area (Å²) in [6, 6.07) is 0. The minimum Gasteiger partial charge on any atom is -0.309 e. The molecular formula is C14H12F5N. The summed E-state index contributed by atoms with van der Waals surface area (Å²) in [5.74, 6) is -10.7. The van der Waals surface area contributed by atoms with Crippen LogP contribution >= 0.6 is 0 Å². The minimum absolute atomic E-state index is 0.0817. The number of hydrogen-bond donors (Lipinski definition) is 0. The van der Waals surface area contributed by atoms with E-state index in [0.29, 0.717) is 0 Å². The van der Waals surface area contributed by atoms with Gasteiger partial charge in [0.2, 0.25) is 11.4 Å². The molecule has 6 heteroatoms. The van der Waals surface area contributed by atoms with Crippen LogP contribution in [0, 0.1) is 41.1 Å². The minimum atomic E-state index is -2.17. The van der Waals surface area contributed by atoms with E-state index in [1.807, 2.05) is 0 Å². The predicted octanol–water partition coefficient (Wildman–Crippen LogP) is 4.57. The lowest BCUT2D eigenvalue weighted by atomic mass is 9.82. The third kappa shape index (κ3) is 1.72. The Balaban J connectivity index is 2.62. The number of halogens is 5. The highest BCUT2D eigenvalue weighted by atomic mass is 19.2. The van der Waals surface area contributed by atoms with Gasteiger partial charge >= 0.3 is 0 Å². The van der Waals surface area contributed by atoms with Crippen LogP contribution in [0.25, 0.3) is 4.85 Å². The number of hydrogen-bond acceptors (Lipinski definition) is 0. The molecule has 0 heterocycles. The van der Waals surface area contributed by atoms with Crippen molar-refractivity contribution in [2.24, 2.45) is 5.41 Å². The zero-order chi connectivity index (χ0) is 15.5. The second-order valence-corrected chi connectivity index (χ2v) is 6.03. The van der Waals surface area contributed by atoms with Crippen molar-refractivity contribution in [2.45, 2.75) is 38.6 Å². The van der Waals surface area contributed by atoms with Crippen LogP contribution in [0.2, 0.25) is 0 Å². The molecule has 0 spiro atoms. The normalized spacial score (nSPS) is 25.4. The molecule has 1 nitrogen and oxygen atoms in total. The highest BCUT2D eigenvalue weighted by Crippen LogP contribution is 2.64. The fourth-order valence-corrected chi connectivity index (χ4v) is 2.64. The molecule has 1 saturated carbocycles. The topological polar surface area (TPSA) is 4.36 Å². The van der Waals surface area contributed by atoms with Crippen molar-refractivity contribution in [1.29, 1.82) is 0 Å². The van der Waals surface area contributed by atoms with Crippen LogP contribution < -0.4 is 0 Å². The van der Waals surface area contributed by atoms with Crippen LogP contribution in [0.4, 0.5) is 22.0 Å². The zero-order valence-corrected chi connectivity index (χ0v) is 11.1. The molecule has 2 atom stereocenters. The van der Waals surface area contributed by atoms with Gasteiger partial charge in [-0.3, -0.25) is 0 Å². The summed E-state index contributed by atoms with van der Waals surface area (Å²) in [7, 11) is 0. The van der Waals surface area contributed by atoms with Gasteiger partial charge in [-0.15, -0.1) is 0 Å². The van der Waals surface area contributed by atoms with Gasteiger partial charge < -0.3 is 4.85 Å². The second-order valence-electron chi connectivity index (χ2n) is 6.03. The lowest BCUT2D eigenvalue weighted by Crippen LogP contribution is -2.27. The van der Waals surface area contributed by atoms with Gasteiger partial charge in [0, 0.05) is 17.4 Å². The Labute approximate surface area is 113 Å². The van der Waals surface area contributed by atoms with Crippen LogP contribution in [0.3, 0.4) is 0 Å². The summed E-state index contributed by atoms with van der Waals surface area (Å²) < 4.78 is 66.9. The van der Waals surface area contributed by atoms with E-state index < -0.39 is 51.5 Å². The monoisotopic (exact) mass is 289 g/mol. The van der Waals surface area contributed by atoms with Crippen molar-refractivity contribution in [3.8, 4) is 0 Å². The molecule has 0 N–H and O–H groups in total. The van der Waals surface area contributed by atoms with Crippen molar-refractivity contribution >= 4 is 0 Å². The van der Waals surface area contributed by atoms with Crippen LogP contribution in [0.5, 0.6) is 0 Å². The molecule has 1 aromatic carbocycles. The largest absolute Gasteiger partial charge is 0.309 e. The lowest BCUT2D eigenvalue weighted by molar-refractivity contribution is 0.324. The van der Waals surface area contributed by atoms with Crippen molar-refractivity contribution in [1.82, 2.24) is 0 Å². The van der Waals surface area contributed by atoms with Crippen LogP contribution in [0.1, 0.15) is 38.7 Å². The fourth-order valence-electron chi connectivity index (χ4n) is 2.64. The number of benzene rings is 1.